The molecule has 0 aromatic carbocycles. The third kappa shape index (κ3) is 1.90. The highest BCUT2D eigenvalue weighted by Crippen LogP contribution is 2.05. The SMILES string of the molecule is C=C1COCC(=C)OC1. The van der Waals surface area contributed by atoms with E-state index in [1.165, 1.54) is 0 Å². The first-order valence-electron chi connectivity index (χ1n) is 2.84. The van der Waals surface area contributed by atoms with E-state index < -0.39 is 0 Å². The number of ether oxygens (including phenoxy) is 2. The van der Waals surface area contributed by atoms with Gasteiger partial charge in [0.15, 0.2) is 0 Å². The normalized spacial score (nSPS) is 20.9. The Morgan fingerprint density at radius 2 is 1.89 bits per heavy atom. The van der Waals surface area contributed by atoms with Crippen LogP contribution in [0, 0.1) is 0 Å². The molecular weight excluding hydrogens is 116 g/mol. The predicted octanol–water partition coefficient (Wildman–Crippen LogP) is 1.10. The van der Waals surface area contributed by atoms with E-state index in [9.17, 15) is 0 Å². The van der Waals surface area contributed by atoms with Crippen LogP contribution < -0.4 is 0 Å². The molecule has 0 N–H and O–H groups in total. The van der Waals surface area contributed by atoms with Crippen LogP contribution >= 0.6 is 0 Å². The van der Waals surface area contributed by atoms with Crippen molar-refractivity contribution in [2.45, 2.75) is 0 Å². The average Bonchev–Trinajstić information content (AvgIpc) is 1.97. The number of hydrogen-bond acceptors (Lipinski definition) is 2. The Bertz CT molecular complexity index is 122. The van der Waals surface area contributed by atoms with Crippen LogP contribution in [-0.4, -0.2) is 19.8 Å². The highest BCUT2D eigenvalue weighted by atomic mass is 16.5. The molecule has 0 aromatic rings. The van der Waals surface area contributed by atoms with Crippen molar-refractivity contribution >= 4 is 0 Å². The second-order valence-electron chi connectivity index (χ2n) is 2.07. The standard InChI is InChI=1S/C7H10O2/c1-6-3-8-5-7(2)9-4-6/h1-5H2. The summed E-state index contributed by atoms with van der Waals surface area (Å²) in [5.74, 6) is 0.689. The van der Waals surface area contributed by atoms with Gasteiger partial charge in [-0.25, -0.2) is 0 Å². The molecule has 0 unspecified atom stereocenters. The van der Waals surface area contributed by atoms with E-state index in [2.05, 4.69) is 13.2 Å². The van der Waals surface area contributed by atoms with Crippen LogP contribution in [-0.2, 0) is 9.47 Å². The third-order valence-electron chi connectivity index (χ3n) is 1.05. The minimum atomic E-state index is 0.499. The molecule has 1 aliphatic rings. The summed E-state index contributed by atoms with van der Waals surface area (Å²) in [6.07, 6.45) is 0. The van der Waals surface area contributed by atoms with E-state index in [-0.39, 0.29) is 0 Å². The Morgan fingerprint density at radius 1 is 1.11 bits per heavy atom. The van der Waals surface area contributed by atoms with Gasteiger partial charge in [-0.15, -0.1) is 0 Å². The quantitative estimate of drug-likeness (QED) is 0.452. The lowest BCUT2D eigenvalue weighted by atomic mass is 10.4. The Balaban J connectivity index is 2.43. The van der Waals surface area contributed by atoms with E-state index in [4.69, 9.17) is 9.47 Å². The lowest BCUT2D eigenvalue weighted by molar-refractivity contribution is 0.157. The number of hydrogen-bond donors (Lipinski definition) is 0. The van der Waals surface area contributed by atoms with Gasteiger partial charge in [0, 0.05) is 0 Å². The molecule has 0 radical (unpaired) electrons. The monoisotopic (exact) mass is 126 g/mol. The van der Waals surface area contributed by atoms with Gasteiger partial charge in [-0.2, -0.15) is 0 Å². The molecule has 0 aromatic heterocycles. The van der Waals surface area contributed by atoms with Gasteiger partial charge in [-0.05, 0) is 5.57 Å². The Kier molecular flexibility index (Phi) is 1.90. The van der Waals surface area contributed by atoms with Crippen molar-refractivity contribution in [3.63, 3.8) is 0 Å². The molecule has 1 rings (SSSR count). The summed E-state index contributed by atoms with van der Waals surface area (Å²) in [6.45, 7) is 8.99. The van der Waals surface area contributed by atoms with Gasteiger partial charge in [-0.3, -0.25) is 0 Å². The highest BCUT2D eigenvalue weighted by Gasteiger charge is 2.03. The van der Waals surface area contributed by atoms with Crippen LogP contribution in [0.2, 0.25) is 0 Å². The number of rotatable bonds is 0. The Hall–Kier alpha value is -0.760. The minimum absolute atomic E-state index is 0.499. The molecule has 50 valence electrons. The first-order valence-corrected chi connectivity index (χ1v) is 2.84. The predicted molar refractivity (Wildman–Crippen MR) is 35.1 cm³/mol. The Labute approximate surface area is 54.8 Å². The van der Waals surface area contributed by atoms with Crippen molar-refractivity contribution in [2.75, 3.05) is 19.8 Å². The van der Waals surface area contributed by atoms with E-state index in [0.717, 1.165) is 5.57 Å². The summed E-state index contributed by atoms with van der Waals surface area (Å²) in [6, 6.07) is 0. The summed E-state index contributed by atoms with van der Waals surface area (Å²) in [4.78, 5) is 0. The maximum absolute atomic E-state index is 5.10. The molecule has 0 aliphatic carbocycles. The van der Waals surface area contributed by atoms with Gasteiger partial charge in [0.1, 0.15) is 19.0 Å². The molecule has 2 nitrogen and oxygen atoms in total. The van der Waals surface area contributed by atoms with Crippen molar-refractivity contribution < 1.29 is 9.47 Å². The van der Waals surface area contributed by atoms with Crippen molar-refractivity contribution in [3.05, 3.63) is 24.5 Å². The molecule has 0 amide bonds. The van der Waals surface area contributed by atoms with E-state index in [0.29, 0.717) is 25.6 Å². The lowest BCUT2D eigenvalue weighted by Crippen LogP contribution is -1.94. The second kappa shape index (κ2) is 2.69. The van der Waals surface area contributed by atoms with Gasteiger partial charge in [-0.1, -0.05) is 13.2 Å². The van der Waals surface area contributed by atoms with Crippen molar-refractivity contribution in [1.29, 1.82) is 0 Å². The van der Waals surface area contributed by atoms with Crippen LogP contribution in [0.15, 0.2) is 24.5 Å². The molecule has 1 aliphatic heterocycles. The molecule has 9 heavy (non-hydrogen) atoms. The van der Waals surface area contributed by atoms with E-state index >= 15 is 0 Å². The molecule has 1 heterocycles. The van der Waals surface area contributed by atoms with Gasteiger partial charge in [0.2, 0.25) is 0 Å². The Morgan fingerprint density at radius 3 is 2.67 bits per heavy atom. The smallest absolute Gasteiger partial charge is 0.115 e. The summed E-state index contributed by atoms with van der Waals surface area (Å²) in [5, 5.41) is 0. The molecule has 0 spiro atoms. The maximum atomic E-state index is 5.10. The summed E-state index contributed by atoms with van der Waals surface area (Å²) < 4.78 is 10.2. The van der Waals surface area contributed by atoms with Gasteiger partial charge < -0.3 is 9.47 Å². The summed E-state index contributed by atoms with van der Waals surface area (Å²) >= 11 is 0. The van der Waals surface area contributed by atoms with E-state index in [1.807, 2.05) is 0 Å². The molecule has 1 fully saturated rings. The first kappa shape index (κ1) is 6.36. The van der Waals surface area contributed by atoms with Crippen molar-refractivity contribution in [1.82, 2.24) is 0 Å². The lowest BCUT2D eigenvalue weighted by Gasteiger charge is -2.00. The molecule has 2 heteroatoms. The van der Waals surface area contributed by atoms with Crippen LogP contribution in [0.1, 0.15) is 0 Å². The molecule has 0 bridgehead atoms. The fourth-order valence-electron chi connectivity index (χ4n) is 0.597. The topological polar surface area (TPSA) is 18.5 Å². The summed E-state index contributed by atoms with van der Waals surface area (Å²) in [5.41, 5.74) is 0.966. The maximum Gasteiger partial charge on any atom is 0.115 e. The molecule has 0 atom stereocenters. The van der Waals surface area contributed by atoms with Crippen LogP contribution in [0.3, 0.4) is 0 Å². The zero-order valence-electron chi connectivity index (χ0n) is 5.35. The largest absolute Gasteiger partial charge is 0.492 e. The van der Waals surface area contributed by atoms with Gasteiger partial charge in [0.25, 0.3) is 0 Å². The molecule has 0 saturated carbocycles. The van der Waals surface area contributed by atoms with Crippen molar-refractivity contribution in [3.8, 4) is 0 Å². The fraction of sp³-hybridized carbons (Fsp3) is 0.429. The van der Waals surface area contributed by atoms with E-state index in [1.54, 1.807) is 0 Å². The third-order valence-corrected chi connectivity index (χ3v) is 1.05. The minimum Gasteiger partial charge on any atom is -0.492 e. The van der Waals surface area contributed by atoms with Crippen molar-refractivity contribution in [2.24, 2.45) is 0 Å². The average molecular weight is 126 g/mol. The van der Waals surface area contributed by atoms with Gasteiger partial charge in [0.05, 0.1) is 6.61 Å². The van der Waals surface area contributed by atoms with Crippen LogP contribution in [0.25, 0.3) is 0 Å². The second-order valence-corrected chi connectivity index (χ2v) is 2.07. The zero-order chi connectivity index (χ0) is 6.69. The first-order chi connectivity index (χ1) is 4.29. The van der Waals surface area contributed by atoms with Crippen LogP contribution in [0.4, 0.5) is 0 Å². The zero-order valence-corrected chi connectivity index (χ0v) is 5.35. The molecule has 1 saturated heterocycles. The van der Waals surface area contributed by atoms with Crippen LogP contribution in [0.5, 0.6) is 0 Å². The van der Waals surface area contributed by atoms with Gasteiger partial charge >= 0.3 is 0 Å². The summed E-state index contributed by atoms with van der Waals surface area (Å²) in [7, 11) is 0. The fourth-order valence-corrected chi connectivity index (χ4v) is 0.597. The highest BCUT2D eigenvalue weighted by molar-refractivity contribution is 4.99. The molecular formula is C7H10O2.